The molecule has 0 atom stereocenters. The Morgan fingerprint density at radius 1 is 1.08 bits per heavy atom. The van der Waals surface area contributed by atoms with E-state index in [2.05, 4.69) is 15.3 Å². The number of aromatic amines is 1. The van der Waals surface area contributed by atoms with Gasteiger partial charge in [-0.25, -0.2) is 13.4 Å². The fourth-order valence-electron chi connectivity index (χ4n) is 3.28. The number of sulfone groups is 1. The number of nitrogens with zero attached hydrogens (tertiary/aromatic N) is 1. The molecule has 38 heavy (non-hydrogen) atoms. The maximum absolute atomic E-state index is 12.9. The lowest BCUT2D eigenvalue weighted by Gasteiger charge is -2.09. The van der Waals surface area contributed by atoms with Gasteiger partial charge in [-0.05, 0) is 48.0 Å². The topological polar surface area (TPSA) is 127 Å². The van der Waals surface area contributed by atoms with Crippen molar-refractivity contribution < 1.29 is 22.7 Å². The van der Waals surface area contributed by atoms with Gasteiger partial charge in [-0.15, -0.1) is 0 Å². The summed E-state index contributed by atoms with van der Waals surface area (Å²) >= 11 is 6.98. The average Bonchev–Trinajstić information content (AvgIpc) is 2.92. The smallest absolute Gasteiger partial charge is 0.270 e. The van der Waals surface area contributed by atoms with Crippen molar-refractivity contribution in [2.24, 2.45) is 0 Å². The van der Waals surface area contributed by atoms with Crippen molar-refractivity contribution >= 4 is 44.8 Å². The van der Waals surface area contributed by atoms with E-state index in [-0.39, 0.29) is 26.7 Å². The molecule has 0 spiro atoms. The van der Waals surface area contributed by atoms with Crippen molar-refractivity contribution in [3.63, 3.8) is 0 Å². The second-order valence-corrected chi connectivity index (χ2v) is 11.1. The first-order chi connectivity index (χ1) is 18.3. The number of benzene rings is 3. The molecule has 1 heterocycles. The fourth-order valence-corrected chi connectivity index (χ4v) is 5.49. The highest BCUT2D eigenvalue weighted by atomic mass is 35.5. The lowest BCUT2D eigenvalue weighted by molar-refractivity contribution is -0.113. The average molecular weight is 572 g/mol. The quantitative estimate of drug-likeness (QED) is 0.209. The van der Waals surface area contributed by atoms with E-state index in [1.54, 1.807) is 24.3 Å². The zero-order chi connectivity index (χ0) is 27.1. The van der Waals surface area contributed by atoms with Crippen LogP contribution in [0.3, 0.4) is 0 Å². The third kappa shape index (κ3) is 6.74. The van der Waals surface area contributed by atoms with Crippen LogP contribution in [0.15, 0.2) is 98.7 Å². The Balaban J connectivity index is 1.33. The van der Waals surface area contributed by atoms with Crippen LogP contribution < -0.4 is 20.3 Å². The molecule has 0 aliphatic carbocycles. The van der Waals surface area contributed by atoms with Crippen LogP contribution in [0.25, 0.3) is 0 Å². The van der Waals surface area contributed by atoms with Crippen LogP contribution in [0, 0.1) is 0 Å². The lowest BCUT2D eigenvalue weighted by atomic mass is 10.2. The summed E-state index contributed by atoms with van der Waals surface area (Å²) in [4.78, 5) is 30.6. The highest BCUT2D eigenvalue weighted by molar-refractivity contribution is 7.99. The standard InChI is InChI=1S/C26H22ClN3O6S2/c1-35-22-12-11-20(13-21(22)27)38(33,34)23-14-28-26(30-25(23)32)37-16-24(31)29-18-7-9-19(10-8-18)36-15-17-5-3-2-4-6-17/h2-14H,15-16H2,1H3,(H,29,31)(H,28,30,32). The Hall–Kier alpha value is -3.80. The molecule has 0 aliphatic rings. The number of carbonyl (C=O) groups is 1. The van der Waals surface area contributed by atoms with Gasteiger partial charge in [0.1, 0.15) is 18.1 Å². The van der Waals surface area contributed by atoms with E-state index in [1.807, 2.05) is 30.3 Å². The summed E-state index contributed by atoms with van der Waals surface area (Å²) < 4.78 is 36.5. The fraction of sp³-hybridized carbons (Fsp3) is 0.115. The van der Waals surface area contributed by atoms with Crippen LogP contribution in [0.2, 0.25) is 5.02 Å². The lowest BCUT2D eigenvalue weighted by Crippen LogP contribution is -2.20. The number of amides is 1. The van der Waals surface area contributed by atoms with Gasteiger partial charge >= 0.3 is 0 Å². The van der Waals surface area contributed by atoms with Crippen LogP contribution in [0.5, 0.6) is 11.5 Å². The van der Waals surface area contributed by atoms with Crippen LogP contribution in [-0.4, -0.2) is 37.2 Å². The Morgan fingerprint density at radius 2 is 1.82 bits per heavy atom. The Labute approximate surface area is 228 Å². The number of hydrogen-bond donors (Lipinski definition) is 2. The number of ether oxygens (including phenoxy) is 2. The molecule has 0 saturated heterocycles. The van der Waals surface area contributed by atoms with Gasteiger partial charge in [-0.3, -0.25) is 9.59 Å². The molecule has 1 aromatic heterocycles. The number of anilines is 1. The second kappa shape index (κ2) is 12.2. The number of aromatic nitrogens is 2. The SMILES string of the molecule is COc1ccc(S(=O)(=O)c2cnc(SCC(=O)Nc3ccc(OCc4ccccc4)cc3)[nH]c2=O)cc1Cl. The normalized spacial score (nSPS) is 11.1. The van der Waals surface area contributed by atoms with Crippen LogP contribution in [-0.2, 0) is 21.2 Å². The van der Waals surface area contributed by atoms with Crippen molar-refractivity contribution in [2.45, 2.75) is 21.6 Å². The van der Waals surface area contributed by atoms with Gasteiger partial charge in [0, 0.05) is 5.69 Å². The molecular formula is C26H22ClN3O6S2. The summed E-state index contributed by atoms with van der Waals surface area (Å²) in [5.41, 5.74) is 0.758. The predicted molar refractivity (Wildman–Crippen MR) is 145 cm³/mol. The Bertz CT molecular complexity index is 1590. The van der Waals surface area contributed by atoms with E-state index in [4.69, 9.17) is 21.1 Å². The molecule has 0 aliphatic heterocycles. The van der Waals surface area contributed by atoms with Gasteiger partial charge in [0.15, 0.2) is 10.1 Å². The number of nitrogens with one attached hydrogen (secondary N) is 2. The zero-order valence-electron chi connectivity index (χ0n) is 20.0. The molecule has 4 rings (SSSR count). The van der Waals surface area contributed by atoms with Crippen molar-refractivity contribution in [1.29, 1.82) is 0 Å². The maximum Gasteiger partial charge on any atom is 0.270 e. The van der Waals surface area contributed by atoms with Gasteiger partial charge in [-0.2, -0.15) is 0 Å². The number of H-pyrrole nitrogens is 1. The van der Waals surface area contributed by atoms with Gasteiger partial charge in [0.05, 0.1) is 29.0 Å². The molecule has 0 radical (unpaired) electrons. The van der Waals surface area contributed by atoms with Gasteiger partial charge in [-0.1, -0.05) is 53.7 Å². The van der Waals surface area contributed by atoms with E-state index < -0.39 is 20.3 Å². The molecule has 4 aromatic rings. The minimum absolute atomic E-state index is 0.0601. The minimum Gasteiger partial charge on any atom is -0.495 e. The summed E-state index contributed by atoms with van der Waals surface area (Å²) in [5.74, 6) is 0.570. The molecule has 9 nitrogen and oxygen atoms in total. The zero-order valence-corrected chi connectivity index (χ0v) is 22.4. The summed E-state index contributed by atoms with van der Waals surface area (Å²) in [5, 5.41) is 2.93. The van der Waals surface area contributed by atoms with E-state index >= 15 is 0 Å². The molecule has 0 unspecified atom stereocenters. The van der Waals surface area contributed by atoms with E-state index in [1.165, 1.54) is 25.3 Å². The third-order valence-electron chi connectivity index (χ3n) is 5.19. The van der Waals surface area contributed by atoms with Crippen molar-refractivity contribution in [3.05, 3.63) is 99.9 Å². The van der Waals surface area contributed by atoms with Crippen molar-refractivity contribution in [3.8, 4) is 11.5 Å². The molecular weight excluding hydrogens is 550 g/mol. The van der Waals surface area contributed by atoms with E-state index in [9.17, 15) is 18.0 Å². The second-order valence-electron chi connectivity index (χ2n) is 7.82. The largest absolute Gasteiger partial charge is 0.495 e. The molecule has 196 valence electrons. The highest BCUT2D eigenvalue weighted by Crippen LogP contribution is 2.29. The van der Waals surface area contributed by atoms with Crippen molar-refractivity contribution in [2.75, 3.05) is 18.2 Å². The maximum atomic E-state index is 12.9. The van der Waals surface area contributed by atoms with Crippen LogP contribution in [0.4, 0.5) is 5.69 Å². The number of thioether (sulfide) groups is 1. The molecule has 2 N–H and O–H groups in total. The van der Waals surface area contributed by atoms with Gasteiger partial charge in [0.2, 0.25) is 15.7 Å². The number of halogens is 1. The Morgan fingerprint density at radius 3 is 2.47 bits per heavy atom. The molecule has 0 fully saturated rings. The summed E-state index contributed by atoms with van der Waals surface area (Å²) in [6.07, 6.45) is 0.959. The third-order valence-corrected chi connectivity index (χ3v) is 8.12. The summed E-state index contributed by atoms with van der Waals surface area (Å²) in [6.45, 7) is 0.433. The number of hydrogen-bond acceptors (Lipinski definition) is 8. The predicted octanol–water partition coefficient (Wildman–Crippen LogP) is 4.57. The molecule has 0 bridgehead atoms. The number of rotatable bonds is 10. The van der Waals surface area contributed by atoms with Crippen LogP contribution >= 0.6 is 23.4 Å². The molecule has 0 saturated carbocycles. The summed E-state index contributed by atoms with van der Waals surface area (Å²) in [7, 11) is -2.77. The molecule has 1 amide bonds. The highest BCUT2D eigenvalue weighted by Gasteiger charge is 2.23. The first-order valence-corrected chi connectivity index (χ1v) is 14.0. The minimum atomic E-state index is -4.17. The number of methoxy groups -OCH3 is 1. The molecule has 3 aromatic carbocycles. The first kappa shape index (κ1) is 27.2. The van der Waals surface area contributed by atoms with Crippen LogP contribution in [0.1, 0.15) is 5.56 Å². The first-order valence-electron chi connectivity index (χ1n) is 11.1. The monoisotopic (exact) mass is 571 g/mol. The Kier molecular flexibility index (Phi) is 8.72. The van der Waals surface area contributed by atoms with Crippen molar-refractivity contribution in [1.82, 2.24) is 9.97 Å². The van der Waals surface area contributed by atoms with Gasteiger partial charge in [0.25, 0.3) is 5.56 Å². The number of carbonyl (C=O) groups excluding carboxylic acids is 1. The summed E-state index contributed by atoms with van der Waals surface area (Å²) in [6, 6.07) is 20.6. The molecule has 12 heteroatoms. The van der Waals surface area contributed by atoms with E-state index in [0.29, 0.717) is 23.8 Å². The van der Waals surface area contributed by atoms with Gasteiger partial charge < -0.3 is 19.8 Å². The van der Waals surface area contributed by atoms with E-state index in [0.717, 1.165) is 23.5 Å².